The van der Waals surface area contributed by atoms with Crippen LogP contribution in [0.25, 0.3) is 10.9 Å². The molecule has 0 saturated heterocycles. The van der Waals surface area contributed by atoms with Crippen LogP contribution in [0.4, 0.5) is 13.2 Å². The molecule has 1 heterocycles. The van der Waals surface area contributed by atoms with Crippen LogP contribution >= 0.6 is 11.6 Å². The monoisotopic (exact) mass is 319 g/mol. The first-order valence-electron chi connectivity index (χ1n) is 6.21. The summed E-state index contributed by atoms with van der Waals surface area (Å²) in [6.07, 6.45) is -6.07. The summed E-state index contributed by atoms with van der Waals surface area (Å²) in [5.41, 5.74) is 1.32. The van der Waals surface area contributed by atoms with E-state index in [9.17, 15) is 18.0 Å². The standard InChI is InChI=1S/C13H13ClF3N3O/c1-20-10-4-2-3-8(14)12(10)9(19-20)7-18-11(21)5-6-13(15,16)17/h2-4H,5-7H2,1H3,(H,18,21). The van der Waals surface area contributed by atoms with Gasteiger partial charge in [-0.1, -0.05) is 17.7 Å². The molecule has 2 aromatic rings. The Morgan fingerprint density at radius 2 is 2.14 bits per heavy atom. The van der Waals surface area contributed by atoms with E-state index in [4.69, 9.17) is 11.6 Å². The van der Waals surface area contributed by atoms with E-state index < -0.39 is 24.9 Å². The van der Waals surface area contributed by atoms with Crippen LogP contribution in [0.2, 0.25) is 5.02 Å². The van der Waals surface area contributed by atoms with Gasteiger partial charge in [0.2, 0.25) is 5.91 Å². The number of carbonyl (C=O) groups excluding carboxylic acids is 1. The topological polar surface area (TPSA) is 46.9 Å². The molecular formula is C13H13ClF3N3O. The summed E-state index contributed by atoms with van der Waals surface area (Å²) in [6.45, 7) is 0.0394. The summed E-state index contributed by atoms with van der Waals surface area (Å²) in [4.78, 5) is 11.4. The number of aryl methyl sites for hydroxylation is 1. The molecule has 0 aliphatic rings. The van der Waals surface area contributed by atoms with Gasteiger partial charge < -0.3 is 5.32 Å². The zero-order valence-corrected chi connectivity index (χ0v) is 11.9. The van der Waals surface area contributed by atoms with Gasteiger partial charge in [0.1, 0.15) is 0 Å². The molecular weight excluding hydrogens is 307 g/mol. The summed E-state index contributed by atoms with van der Waals surface area (Å²) in [7, 11) is 1.73. The van der Waals surface area contributed by atoms with E-state index in [1.54, 1.807) is 23.9 Å². The number of carbonyl (C=O) groups is 1. The number of alkyl halides is 3. The third-order valence-electron chi connectivity index (χ3n) is 2.99. The number of halogens is 4. The van der Waals surface area contributed by atoms with E-state index in [1.165, 1.54) is 0 Å². The third kappa shape index (κ3) is 3.87. The number of aromatic nitrogens is 2. The molecule has 114 valence electrons. The fourth-order valence-electron chi connectivity index (χ4n) is 2.00. The summed E-state index contributed by atoms with van der Waals surface area (Å²) in [6, 6.07) is 5.29. The minimum atomic E-state index is -4.33. The lowest BCUT2D eigenvalue weighted by Gasteiger charge is -2.06. The Labute approximate surface area is 123 Å². The largest absolute Gasteiger partial charge is 0.389 e. The number of amides is 1. The van der Waals surface area contributed by atoms with Crippen molar-refractivity contribution < 1.29 is 18.0 Å². The van der Waals surface area contributed by atoms with Gasteiger partial charge in [0.15, 0.2) is 0 Å². The minimum Gasteiger partial charge on any atom is -0.350 e. The van der Waals surface area contributed by atoms with Crippen molar-refractivity contribution in [2.75, 3.05) is 0 Å². The molecule has 21 heavy (non-hydrogen) atoms. The molecule has 0 unspecified atom stereocenters. The van der Waals surface area contributed by atoms with E-state index in [-0.39, 0.29) is 6.54 Å². The van der Waals surface area contributed by atoms with Crippen molar-refractivity contribution in [3.63, 3.8) is 0 Å². The molecule has 0 atom stereocenters. The highest BCUT2D eigenvalue weighted by molar-refractivity contribution is 6.35. The van der Waals surface area contributed by atoms with Crippen molar-refractivity contribution in [2.24, 2.45) is 7.05 Å². The van der Waals surface area contributed by atoms with Crippen LogP contribution < -0.4 is 5.32 Å². The van der Waals surface area contributed by atoms with Gasteiger partial charge in [-0.2, -0.15) is 18.3 Å². The zero-order valence-electron chi connectivity index (χ0n) is 11.2. The molecule has 1 aromatic carbocycles. The Hall–Kier alpha value is -1.76. The molecule has 0 spiro atoms. The normalized spacial score (nSPS) is 11.9. The fourth-order valence-corrected chi connectivity index (χ4v) is 2.28. The SMILES string of the molecule is Cn1nc(CNC(=O)CCC(F)(F)F)c2c(Cl)cccc21. The molecule has 0 radical (unpaired) electrons. The maximum Gasteiger partial charge on any atom is 0.389 e. The van der Waals surface area contributed by atoms with Gasteiger partial charge in [-0.15, -0.1) is 0 Å². The highest BCUT2D eigenvalue weighted by Gasteiger charge is 2.27. The van der Waals surface area contributed by atoms with Gasteiger partial charge >= 0.3 is 6.18 Å². The summed E-state index contributed by atoms with van der Waals surface area (Å²) >= 11 is 6.10. The first-order valence-corrected chi connectivity index (χ1v) is 6.59. The van der Waals surface area contributed by atoms with Gasteiger partial charge in [-0.25, -0.2) is 0 Å². The quantitative estimate of drug-likeness (QED) is 0.941. The van der Waals surface area contributed by atoms with E-state index in [1.807, 2.05) is 6.07 Å². The number of hydrogen-bond acceptors (Lipinski definition) is 2. The lowest BCUT2D eigenvalue weighted by atomic mass is 10.2. The second-order valence-electron chi connectivity index (χ2n) is 4.60. The minimum absolute atomic E-state index is 0.0394. The van der Waals surface area contributed by atoms with Gasteiger partial charge in [0.25, 0.3) is 0 Å². The molecule has 1 aromatic heterocycles. The van der Waals surface area contributed by atoms with Crippen LogP contribution in [0.1, 0.15) is 18.5 Å². The van der Waals surface area contributed by atoms with Gasteiger partial charge in [-0.05, 0) is 12.1 Å². The Morgan fingerprint density at radius 1 is 1.43 bits per heavy atom. The Kier molecular flexibility index (Phi) is 4.41. The summed E-state index contributed by atoms with van der Waals surface area (Å²) < 4.78 is 37.7. The third-order valence-corrected chi connectivity index (χ3v) is 3.30. The average Bonchev–Trinajstić information content (AvgIpc) is 2.72. The fraction of sp³-hybridized carbons (Fsp3) is 0.385. The van der Waals surface area contributed by atoms with Crippen molar-refractivity contribution in [1.82, 2.24) is 15.1 Å². The molecule has 0 aliphatic heterocycles. The molecule has 0 saturated carbocycles. The second-order valence-corrected chi connectivity index (χ2v) is 5.00. The van der Waals surface area contributed by atoms with E-state index >= 15 is 0 Å². The maximum atomic E-state index is 12.0. The second kappa shape index (κ2) is 5.93. The van der Waals surface area contributed by atoms with Gasteiger partial charge in [0.05, 0.1) is 29.2 Å². The first-order chi connectivity index (χ1) is 9.78. The van der Waals surface area contributed by atoms with Crippen LogP contribution in [0, 0.1) is 0 Å². The number of hydrogen-bond donors (Lipinski definition) is 1. The molecule has 0 aliphatic carbocycles. The highest BCUT2D eigenvalue weighted by atomic mass is 35.5. The van der Waals surface area contributed by atoms with Crippen LogP contribution in [-0.2, 0) is 18.4 Å². The van der Waals surface area contributed by atoms with E-state index in [0.29, 0.717) is 16.1 Å². The molecule has 8 heteroatoms. The Bertz CT molecular complexity index is 666. The average molecular weight is 320 g/mol. The molecule has 1 N–H and O–H groups in total. The molecule has 4 nitrogen and oxygen atoms in total. The van der Waals surface area contributed by atoms with Crippen molar-refractivity contribution in [3.05, 3.63) is 28.9 Å². The summed E-state index contributed by atoms with van der Waals surface area (Å²) in [5.74, 6) is -0.668. The molecule has 0 bridgehead atoms. The molecule has 1 amide bonds. The van der Waals surface area contributed by atoms with Crippen molar-refractivity contribution >= 4 is 28.4 Å². The smallest absolute Gasteiger partial charge is 0.350 e. The highest BCUT2D eigenvalue weighted by Crippen LogP contribution is 2.26. The van der Waals surface area contributed by atoms with Gasteiger partial charge in [-0.3, -0.25) is 9.48 Å². The van der Waals surface area contributed by atoms with Crippen LogP contribution in [0.15, 0.2) is 18.2 Å². The van der Waals surface area contributed by atoms with E-state index in [2.05, 4.69) is 10.4 Å². The zero-order chi connectivity index (χ0) is 15.6. The summed E-state index contributed by atoms with van der Waals surface area (Å²) in [5, 5.41) is 7.84. The maximum absolute atomic E-state index is 12.0. The van der Waals surface area contributed by atoms with Crippen molar-refractivity contribution in [2.45, 2.75) is 25.6 Å². The van der Waals surface area contributed by atoms with Crippen molar-refractivity contribution in [3.8, 4) is 0 Å². The lowest BCUT2D eigenvalue weighted by Crippen LogP contribution is -2.24. The van der Waals surface area contributed by atoms with E-state index in [0.717, 1.165) is 5.52 Å². The van der Waals surface area contributed by atoms with Crippen LogP contribution in [0.5, 0.6) is 0 Å². The number of rotatable bonds is 4. The predicted octanol–water partition coefficient (Wildman–Crippen LogP) is 3.19. The van der Waals surface area contributed by atoms with Crippen LogP contribution in [0.3, 0.4) is 0 Å². The first kappa shape index (κ1) is 15.6. The Balaban J connectivity index is 2.06. The van der Waals surface area contributed by atoms with Crippen LogP contribution in [-0.4, -0.2) is 21.9 Å². The molecule has 2 rings (SSSR count). The van der Waals surface area contributed by atoms with Gasteiger partial charge in [0, 0.05) is 18.9 Å². The predicted molar refractivity (Wildman–Crippen MR) is 72.9 cm³/mol. The number of fused-ring (bicyclic) bond motifs is 1. The molecule has 0 fully saturated rings. The van der Waals surface area contributed by atoms with Crippen molar-refractivity contribution in [1.29, 1.82) is 0 Å². The number of nitrogens with zero attached hydrogens (tertiary/aromatic N) is 2. The Morgan fingerprint density at radius 3 is 2.81 bits per heavy atom. The number of benzene rings is 1. The number of nitrogens with one attached hydrogen (secondary N) is 1. The lowest BCUT2D eigenvalue weighted by molar-refractivity contribution is -0.144.